The van der Waals surface area contributed by atoms with Crippen molar-refractivity contribution in [2.75, 3.05) is 18.1 Å². The lowest BCUT2D eigenvalue weighted by Crippen LogP contribution is -2.41. The number of sulfone groups is 1. The van der Waals surface area contributed by atoms with Crippen molar-refractivity contribution in [3.63, 3.8) is 0 Å². The lowest BCUT2D eigenvalue weighted by atomic mass is 10.1. The fraction of sp³-hybridized carbons (Fsp3) is 0.562. The van der Waals surface area contributed by atoms with Crippen LogP contribution in [-0.4, -0.2) is 48.2 Å². The second-order valence-electron chi connectivity index (χ2n) is 6.17. The van der Waals surface area contributed by atoms with Crippen molar-refractivity contribution in [2.45, 2.75) is 39.2 Å². The molecule has 1 aliphatic heterocycles. The number of hydrogen-bond acceptors (Lipinski definition) is 5. The molecular formula is C16H22N2O5S. The van der Waals surface area contributed by atoms with Crippen molar-refractivity contribution >= 4 is 21.4 Å². The highest BCUT2D eigenvalue weighted by Crippen LogP contribution is 2.24. The van der Waals surface area contributed by atoms with Gasteiger partial charge in [0.15, 0.2) is 9.84 Å². The molecule has 24 heavy (non-hydrogen) atoms. The van der Waals surface area contributed by atoms with E-state index in [4.69, 9.17) is 0 Å². The molecule has 0 spiro atoms. The van der Waals surface area contributed by atoms with E-state index >= 15 is 0 Å². The Labute approximate surface area is 141 Å². The molecule has 1 saturated heterocycles. The largest absolute Gasteiger partial charge is 0.335 e. The summed E-state index contributed by atoms with van der Waals surface area (Å²) in [6, 6.07) is 4.04. The molecule has 0 aliphatic carbocycles. The first-order valence-corrected chi connectivity index (χ1v) is 9.83. The van der Waals surface area contributed by atoms with Gasteiger partial charge in [-0.05, 0) is 25.8 Å². The molecule has 8 heteroatoms. The Kier molecular flexibility index (Phi) is 5.58. The topological polar surface area (TPSA) is 97.6 Å². The smallest absolute Gasteiger partial charge is 0.273 e. The lowest BCUT2D eigenvalue weighted by Gasteiger charge is -2.28. The Hall–Kier alpha value is -1.96. The summed E-state index contributed by atoms with van der Waals surface area (Å²) in [4.78, 5) is 25.0. The molecule has 7 nitrogen and oxygen atoms in total. The van der Waals surface area contributed by atoms with Gasteiger partial charge >= 0.3 is 0 Å². The van der Waals surface area contributed by atoms with Crippen LogP contribution in [0.4, 0.5) is 5.69 Å². The van der Waals surface area contributed by atoms with Gasteiger partial charge in [-0.2, -0.15) is 0 Å². The third-order valence-corrected chi connectivity index (χ3v) is 6.07. The third kappa shape index (κ3) is 4.11. The van der Waals surface area contributed by atoms with Crippen LogP contribution in [0.5, 0.6) is 0 Å². The van der Waals surface area contributed by atoms with E-state index < -0.39 is 14.8 Å². The first-order chi connectivity index (χ1) is 11.2. The standard InChI is InChI=1S/C16H22N2O5S/c1-3-4-8-17(14-7-9-24(22,23)11-14)16(19)13-6-5-12(2)15(10-13)18(20)21/h5-6,10,14H,3-4,7-9,11H2,1-2H3. The maximum Gasteiger partial charge on any atom is 0.273 e. The SMILES string of the molecule is CCCCN(C(=O)c1ccc(C)c([N+](=O)[O-])c1)C1CCS(=O)(=O)C1. The minimum absolute atomic E-state index is 0.0313. The molecule has 0 aromatic heterocycles. The Balaban J connectivity index is 2.31. The van der Waals surface area contributed by atoms with Crippen LogP contribution < -0.4 is 0 Å². The van der Waals surface area contributed by atoms with E-state index in [2.05, 4.69) is 0 Å². The van der Waals surface area contributed by atoms with Crippen molar-refractivity contribution < 1.29 is 18.1 Å². The Morgan fingerprint density at radius 3 is 2.67 bits per heavy atom. The highest BCUT2D eigenvalue weighted by Gasteiger charge is 2.35. The van der Waals surface area contributed by atoms with Gasteiger partial charge in [-0.25, -0.2) is 8.42 Å². The van der Waals surface area contributed by atoms with Gasteiger partial charge < -0.3 is 4.90 Å². The van der Waals surface area contributed by atoms with Crippen LogP contribution in [0.2, 0.25) is 0 Å². The number of nitrogens with zero attached hydrogens (tertiary/aromatic N) is 2. The summed E-state index contributed by atoms with van der Waals surface area (Å²) >= 11 is 0. The van der Waals surface area contributed by atoms with Crippen molar-refractivity contribution in [3.8, 4) is 0 Å². The molecule has 0 radical (unpaired) electrons. The zero-order chi connectivity index (χ0) is 17.9. The van der Waals surface area contributed by atoms with E-state index in [1.54, 1.807) is 24.0 Å². The minimum atomic E-state index is -3.11. The van der Waals surface area contributed by atoms with Crippen LogP contribution in [0.3, 0.4) is 0 Å². The number of nitro benzene ring substituents is 1. The fourth-order valence-electron chi connectivity index (χ4n) is 2.90. The lowest BCUT2D eigenvalue weighted by molar-refractivity contribution is -0.385. The predicted octanol–water partition coefficient (Wildman–Crippen LogP) is 2.33. The Bertz CT molecular complexity index is 745. The quantitative estimate of drug-likeness (QED) is 0.577. The molecule has 1 aromatic rings. The van der Waals surface area contributed by atoms with Crippen molar-refractivity contribution in [3.05, 3.63) is 39.4 Å². The minimum Gasteiger partial charge on any atom is -0.335 e. The van der Waals surface area contributed by atoms with E-state index in [0.29, 0.717) is 18.5 Å². The second kappa shape index (κ2) is 7.29. The van der Waals surface area contributed by atoms with Crippen LogP contribution in [0.25, 0.3) is 0 Å². The summed E-state index contributed by atoms with van der Waals surface area (Å²) in [5.74, 6) is -0.286. The fourth-order valence-corrected chi connectivity index (χ4v) is 4.64. The number of unbranched alkanes of at least 4 members (excludes halogenated alkanes) is 1. The average Bonchev–Trinajstić information content (AvgIpc) is 2.87. The molecular weight excluding hydrogens is 332 g/mol. The second-order valence-corrected chi connectivity index (χ2v) is 8.40. The number of carbonyl (C=O) groups is 1. The van der Waals surface area contributed by atoms with Crippen LogP contribution in [-0.2, 0) is 9.84 Å². The number of aryl methyl sites for hydroxylation is 1. The monoisotopic (exact) mass is 354 g/mol. The van der Waals surface area contributed by atoms with Crippen LogP contribution in [0.15, 0.2) is 18.2 Å². The van der Waals surface area contributed by atoms with E-state index in [1.807, 2.05) is 6.92 Å². The maximum atomic E-state index is 12.8. The molecule has 1 atom stereocenters. The van der Waals surface area contributed by atoms with Crippen molar-refractivity contribution in [1.82, 2.24) is 4.90 Å². The van der Waals surface area contributed by atoms with Crippen LogP contribution >= 0.6 is 0 Å². The highest BCUT2D eigenvalue weighted by atomic mass is 32.2. The molecule has 1 heterocycles. The van der Waals surface area contributed by atoms with Gasteiger partial charge in [0.25, 0.3) is 11.6 Å². The van der Waals surface area contributed by atoms with E-state index in [-0.39, 0.29) is 34.7 Å². The number of rotatable bonds is 6. The van der Waals surface area contributed by atoms with E-state index in [0.717, 1.165) is 12.8 Å². The van der Waals surface area contributed by atoms with E-state index in [1.165, 1.54) is 6.07 Å². The third-order valence-electron chi connectivity index (χ3n) is 4.32. The van der Waals surface area contributed by atoms with Gasteiger partial charge in [-0.15, -0.1) is 0 Å². The van der Waals surface area contributed by atoms with Crippen LogP contribution in [0, 0.1) is 17.0 Å². The maximum absolute atomic E-state index is 12.8. The Morgan fingerprint density at radius 2 is 2.12 bits per heavy atom. The summed E-state index contributed by atoms with van der Waals surface area (Å²) < 4.78 is 23.5. The van der Waals surface area contributed by atoms with Gasteiger partial charge in [0.1, 0.15) is 0 Å². The molecule has 1 aromatic carbocycles. The highest BCUT2D eigenvalue weighted by molar-refractivity contribution is 7.91. The van der Waals surface area contributed by atoms with Gasteiger partial charge in [0.2, 0.25) is 0 Å². The molecule has 0 N–H and O–H groups in total. The number of carbonyl (C=O) groups excluding carboxylic acids is 1. The van der Waals surface area contributed by atoms with Gasteiger partial charge in [-0.1, -0.05) is 19.4 Å². The average molecular weight is 354 g/mol. The summed E-state index contributed by atoms with van der Waals surface area (Å²) in [7, 11) is -3.11. The number of nitro groups is 1. The molecule has 0 bridgehead atoms. The molecule has 132 valence electrons. The molecule has 1 fully saturated rings. The number of hydrogen-bond donors (Lipinski definition) is 0. The molecule has 1 unspecified atom stereocenters. The van der Waals surface area contributed by atoms with Gasteiger partial charge in [0.05, 0.1) is 16.4 Å². The van der Waals surface area contributed by atoms with Crippen molar-refractivity contribution in [2.24, 2.45) is 0 Å². The molecule has 0 saturated carbocycles. The summed E-state index contributed by atoms with van der Waals surface area (Å²) in [5.41, 5.74) is 0.614. The van der Waals surface area contributed by atoms with Gasteiger partial charge in [0, 0.05) is 29.8 Å². The van der Waals surface area contributed by atoms with Crippen molar-refractivity contribution in [1.29, 1.82) is 0 Å². The number of amides is 1. The Morgan fingerprint density at radius 1 is 1.42 bits per heavy atom. The summed E-state index contributed by atoms with van der Waals surface area (Å²) in [6.07, 6.45) is 2.05. The molecule has 1 amide bonds. The zero-order valence-electron chi connectivity index (χ0n) is 13.9. The number of benzene rings is 1. The first kappa shape index (κ1) is 18.4. The summed E-state index contributed by atoms with van der Waals surface area (Å²) in [6.45, 7) is 4.06. The predicted molar refractivity (Wildman–Crippen MR) is 90.8 cm³/mol. The normalized spacial score (nSPS) is 19.2. The summed E-state index contributed by atoms with van der Waals surface area (Å²) in [5, 5.41) is 11.1. The zero-order valence-corrected chi connectivity index (χ0v) is 14.7. The van der Waals surface area contributed by atoms with Crippen LogP contribution in [0.1, 0.15) is 42.1 Å². The first-order valence-electron chi connectivity index (χ1n) is 8.01. The molecule has 2 rings (SSSR count). The molecule has 1 aliphatic rings. The van der Waals surface area contributed by atoms with E-state index in [9.17, 15) is 23.3 Å². The van der Waals surface area contributed by atoms with Gasteiger partial charge in [-0.3, -0.25) is 14.9 Å².